The number of rotatable bonds is 5. The highest BCUT2D eigenvalue weighted by molar-refractivity contribution is 5.45. The van der Waals surface area contributed by atoms with Crippen molar-refractivity contribution in [2.75, 3.05) is 13.2 Å². The fraction of sp³-hybridized carbons (Fsp3) is 0.350. The minimum Gasteiger partial charge on any atom is -0.486 e. The molecule has 4 heteroatoms. The zero-order chi connectivity index (χ0) is 16.4. The van der Waals surface area contributed by atoms with E-state index in [0.29, 0.717) is 30.7 Å². The first-order chi connectivity index (χ1) is 11.8. The first kappa shape index (κ1) is 15.0. The Bertz CT molecular complexity index is 760. The maximum atomic E-state index is 8.89. The maximum absolute atomic E-state index is 8.89. The third-order valence-electron chi connectivity index (χ3n) is 4.63. The molecular formula is C20H20N2O2. The fourth-order valence-electron chi connectivity index (χ4n) is 3.16. The van der Waals surface area contributed by atoms with Crippen LogP contribution in [0, 0.1) is 17.2 Å². The Morgan fingerprint density at radius 3 is 2.50 bits per heavy atom. The molecule has 1 aliphatic carbocycles. The number of benzene rings is 2. The van der Waals surface area contributed by atoms with Crippen LogP contribution in [0.1, 0.15) is 35.6 Å². The number of nitriles is 1. The molecule has 0 unspecified atom stereocenters. The maximum Gasteiger partial charge on any atom is 0.161 e. The van der Waals surface area contributed by atoms with E-state index in [1.54, 1.807) is 0 Å². The number of fused-ring (bicyclic) bond motifs is 1. The van der Waals surface area contributed by atoms with Gasteiger partial charge in [-0.15, -0.1) is 0 Å². The van der Waals surface area contributed by atoms with Crippen molar-refractivity contribution in [2.45, 2.75) is 25.4 Å². The van der Waals surface area contributed by atoms with Crippen LogP contribution in [-0.2, 0) is 6.54 Å². The molecule has 0 aromatic heterocycles. The van der Waals surface area contributed by atoms with Crippen LogP contribution in [0.25, 0.3) is 0 Å². The van der Waals surface area contributed by atoms with Crippen molar-refractivity contribution in [3.05, 3.63) is 59.2 Å². The van der Waals surface area contributed by atoms with E-state index < -0.39 is 0 Å². The minimum absolute atomic E-state index is 0.330. The first-order valence-corrected chi connectivity index (χ1v) is 8.45. The van der Waals surface area contributed by atoms with Crippen LogP contribution in [0.5, 0.6) is 11.5 Å². The van der Waals surface area contributed by atoms with E-state index in [9.17, 15) is 0 Å². The predicted octanol–water partition coefficient (Wildman–Crippen LogP) is 3.57. The highest BCUT2D eigenvalue weighted by Crippen LogP contribution is 2.43. The summed E-state index contributed by atoms with van der Waals surface area (Å²) in [5, 5.41) is 12.6. The van der Waals surface area contributed by atoms with Gasteiger partial charge in [-0.05, 0) is 54.2 Å². The molecule has 2 aliphatic rings. The molecule has 1 heterocycles. The van der Waals surface area contributed by atoms with Gasteiger partial charge in [0.15, 0.2) is 11.5 Å². The number of nitrogens with zero attached hydrogens (tertiary/aromatic N) is 1. The van der Waals surface area contributed by atoms with E-state index in [4.69, 9.17) is 14.7 Å². The zero-order valence-electron chi connectivity index (χ0n) is 13.5. The smallest absolute Gasteiger partial charge is 0.161 e. The van der Waals surface area contributed by atoms with Gasteiger partial charge in [-0.25, -0.2) is 0 Å². The second-order valence-electron chi connectivity index (χ2n) is 6.41. The number of hydrogen-bond donors (Lipinski definition) is 1. The molecule has 0 radical (unpaired) electrons. The topological polar surface area (TPSA) is 54.3 Å². The summed E-state index contributed by atoms with van der Waals surface area (Å²) < 4.78 is 11.3. The molecule has 1 fully saturated rings. The van der Waals surface area contributed by atoms with Gasteiger partial charge in [0.1, 0.15) is 13.2 Å². The monoisotopic (exact) mass is 320 g/mol. The van der Waals surface area contributed by atoms with Crippen molar-refractivity contribution >= 4 is 0 Å². The van der Waals surface area contributed by atoms with E-state index in [-0.39, 0.29) is 0 Å². The quantitative estimate of drug-likeness (QED) is 0.915. The molecule has 4 nitrogen and oxygen atoms in total. The molecule has 1 N–H and O–H groups in total. The molecule has 0 bridgehead atoms. The van der Waals surface area contributed by atoms with Crippen LogP contribution >= 0.6 is 0 Å². The Labute approximate surface area is 142 Å². The predicted molar refractivity (Wildman–Crippen MR) is 90.9 cm³/mol. The third kappa shape index (κ3) is 3.22. The molecule has 0 saturated heterocycles. The van der Waals surface area contributed by atoms with Gasteiger partial charge in [0.2, 0.25) is 0 Å². The zero-order valence-corrected chi connectivity index (χ0v) is 13.5. The highest BCUT2D eigenvalue weighted by Gasteiger charge is 2.32. The van der Waals surface area contributed by atoms with Crippen molar-refractivity contribution in [1.29, 1.82) is 5.26 Å². The van der Waals surface area contributed by atoms with Gasteiger partial charge in [-0.2, -0.15) is 5.26 Å². The largest absolute Gasteiger partial charge is 0.486 e. The molecule has 1 aliphatic heterocycles. The second kappa shape index (κ2) is 6.54. The fourth-order valence-corrected chi connectivity index (χ4v) is 3.16. The summed E-state index contributed by atoms with van der Waals surface area (Å²) >= 11 is 0. The SMILES string of the molecule is N#Cc1ccc(CN[C@@H](c2ccc3c(c2)OCCO3)C2CC2)cc1. The van der Waals surface area contributed by atoms with E-state index in [1.165, 1.54) is 24.0 Å². The summed E-state index contributed by atoms with van der Waals surface area (Å²) in [6.45, 7) is 2.03. The number of ether oxygens (including phenoxy) is 2. The van der Waals surface area contributed by atoms with Crippen LogP contribution in [0.2, 0.25) is 0 Å². The Morgan fingerprint density at radius 1 is 1.04 bits per heavy atom. The van der Waals surface area contributed by atoms with Crippen molar-refractivity contribution in [1.82, 2.24) is 5.32 Å². The second-order valence-corrected chi connectivity index (χ2v) is 6.41. The molecule has 2 aromatic rings. The molecular weight excluding hydrogens is 300 g/mol. The molecule has 0 spiro atoms. The summed E-state index contributed by atoms with van der Waals surface area (Å²) in [5.74, 6) is 2.38. The molecule has 24 heavy (non-hydrogen) atoms. The van der Waals surface area contributed by atoms with Crippen LogP contribution in [0.4, 0.5) is 0 Å². The van der Waals surface area contributed by atoms with Gasteiger partial charge >= 0.3 is 0 Å². The third-order valence-corrected chi connectivity index (χ3v) is 4.63. The van der Waals surface area contributed by atoms with Gasteiger partial charge in [0.25, 0.3) is 0 Å². The summed E-state index contributed by atoms with van der Waals surface area (Å²) in [6, 6.07) is 16.5. The summed E-state index contributed by atoms with van der Waals surface area (Å²) in [4.78, 5) is 0. The van der Waals surface area contributed by atoms with Crippen molar-refractivity contribution in [3.8, 4) is 17.6 Å². The van der Waals surface area contributed by atoms with Gasteiger partial charge in [0.05, 0.1) is 11.6 Å². The van der Waals surface area contributed by atoms with Gasteiger partial charge in [0, 0.05) is 12.6 Å². The van der Waals surface area contributed by atoms with E-state index in [0.717, 1.165) is 18.0 Å². The molecule has 122 valence electrons. The van der Waals surface area contributed by atoms with Crippen LogP contribution in [0.15, 0.2) is 42.5 Å². The molecule has 1 saturated carbocycles. The summed E-state index contributed by atoms with van der Waals surface area (Å²) in [6.07, 6.45) is 2.53. The van der Waals surface area contributed by atoms with Gasteiger partial charge in [-0.3, -0.25) is 0 Å². The Balaban J connectivity index is 1.49. The Hall–Kier alpha value is -2.51. The van der Waals surface area contributed by atoms with Crippen molar-refractivity contribution < 1.29 is 9.47 Å². The summed E-state index contributed by atoms with van der Waals surface area (Å²) in [5.41, 5.74) is 3.15. The van der Waals surface area contributed by atoms with Crippen molar-refractivity contribution in [3.63, 3.8) is 0 Å². The number of hydrogen-bond acceptors (Lipinski definition) is 4. The van der Waals surface area contributed by atoms with Gasteiger partial charge in [-0.1, -0.05) is 18.2 Å². The number of nitrogens with one attached hydrogen (secondary N) is 1. The normalized spacial score (nSPS) is 17.1. The molecule has 4 rings (SSSR count). The Morgan fingerprint density at radius 2 is 1.79 bits per heavy atom. The van der Waals surface area contributed by atoms with E-state index in [2.05, 4.69) is 23.5 Å². The lowest BCUT2D eigenvalue weighted by Crippen LogP contribution is -2.23. The average Bonchev–Trinajstić information content (AvgIpc) is 3.47. The van der Waals surface area contributed by atoms with E-state index in [1.807, 2.05) is 30.3 Å². The van der Waals surface area contributed by atoms with E-state index >= 15 is 0 Å². The molecule has 1 atom stereocenters. The lowest BCUT2D eigenvalue weighted by Gasteiger charge is -2.23. The van der Waals surface area contributed by atoms with Crippen LogP contribution in [0.3, 0.4) is 0 Å². The lowest BCUT2D eigenvalue weighted by atomic mass is 10.0. The minimum atomic E-state index is 0.330. The van der Waals surface area contributed by atoms with Gasteiger partial charge < -0.3 is 14.8 Å². The Kier molecular flexibility index (Phi) is 4.10. The van der Waals surface area contributed by atoms with Crippen LogP contribution in [-0.4, -0.2) is 13.2 Å². The highest BCUT2D eigenvalue weighted by atomic mass is 16.6. The first-order valence-electron chi connectivity index (χ1n) is 8.45. The lowest BCUT2D eigenvalue weighted by molar-refractivity contribution is 0.171. The molecule has 2 aromatic carbocycles. The molecule has 0 amide bonds. The van der Waals surface area contributed by atoms with Crippen molar-refractivity contribution in [2.24, 2.45) is 5.92 Å². The standard InChI is InChI=1S/C20H20N2O2/c21-12-14-1-3-15(4-2-14)13-22-20(16-5-6-16)17-7-8-18-19(11-17)24-10-9-23-18/h1-4,7-8,11,16,20,22H,5-6,9-10,13H2/t20-/m1/s1. The average molecular weight is 320 g/mol. The van der Waals surface area contributed by atoms with Crippen LogP contribution < -0.4 is 14.8 Å². The summed E-state index contributed by atoms with van der Waals surface area (Å²) in [7, 11) is 0.